The molecule has 0 spiro atoms. The standard InChI is InChI=1S/C20H23ClN4O2S/c1-2-11-25-19(23-18-4-3-10-22-20(18)25)16-9-12-24(13-16)28(26,27)14-15-5-7-17(21)8-6-15/h3-8,10,16H,2,9,11-14H2,1H3/t16-/m0/s1. The molecule has 1 saturated heterocycles. The molecule has 1 aromatic carbocycles. The van der Waals surface area contributed by atoms with Gasteiger partial charge in [-0.05, 0) is 42.7 Å². The van der Waals surface area contributed by atoms with Crippen LogP contribution < -0.4 is 0 Å². The van der Waals surface area contributed by atoms with E-state index in [1.165, 1.54) is 0 Å². The molecule has 0 unspecified atom stereocenters. The number of imidazole rings is 1. The van der Waals surface area contributed by atoms with Crippen LogP contribution in [0.1, 0.15) is 37.1 Å². The second-order valence-corrected chi connectivity index (χ2v) is 9.60. The second kappa shape index (κ2) is 7.81. The summed E-state index contributed by atoms with van der Waals surface area (Å²) in [5, 5.41) is 0.603. The number of rotatable bonds is 6. The Kier molecular flexibility index (Phi) is 5.40. The number of halogens is 1. The molecule has 1 aliphatic heterocycles. The highest BCUT2D eigenvalue weighted by atomic mass is 35.5. The van der Waals surface area contributed by atoms with E-state index in [1.54, 1.807) is 34.8 Å². The Labute approximate surface area is 170 Å². The van der Waals surface area contributed by atoms with Gasteiger partial charge in [0.05, 0.1) is 5.75 Å². The Morgan fingerprint density at radius 1 is 1.21 bits per heavy atom. The summed E-state index contributed by atoms with van der Waals surface area (Å²) in [6.45, 7) is 3.93. The number of hydrogen-bond donors (Lipinski definition) is 0. The smallest absolute Gasteiger partial charge is 0.218 e. The van der Waals surface area contributed by atoms with Gasteiger partial charge in [-0.15, -0.1) is 0 Å². The molecule has 1 fully saturated rings. The molecule has 0 amide bonds. The van der Waals surface area contributed by atoms with E-state index in [1.807, 2.05) is 12.1 Å². The van der Waals surface area contributed by atoms with Gasteiger partial charge in [0.25, 0.3) is 0 Å². The molecule has 2 aromatic heterocycles. The van der Waals surface area contributed by atoms with Gasteiger partial charge in [-0.2, -0.15) is 0 Å². The highest BCUT2D eigenvalue weighted by molar-refractivity contribution is 7.88. The first kappa shape index (κ1) is 19.4. The summed E-state index contributed by atoms with van der Waals surface area (Å²) in [7, 11) is -3.38. The summed E-state index contributed by atoms with van der Waals surface area (Å²) in [4.78, 5) is 9.27. The number of hydrogen-bond acceptors (Lipinski definition) is 4. The van der Waals surface area contributed by atoms with Crippen molar-refractivity contribution in [1.82, 2.24) is 18.8 Å². The van der Waals surface area contributed by atoms with E-state index >= 15 is 0 Å². The predicted octanol–water partition coefficient (Wildman–Crippen LogP) is 3.81. The number of fused-ring (bicyclic) bond motifs is 1. The molecule has 4 rings (SSSR count). The number of nitrogens with zero attached hydrogens (tertiary/aromatic N) is 4. The lowest BCUT2D eigenvalue weighted by Crippen LogP contribution is -2.30. The van der Waals surface area contributed by atoms with E-state index in [4.69, 9.17) is 16.6 Å². The molecule has 0 aliphatic carbocycles. The number of benzene rings is 1. The van der Waals surface area contributed by atoms with Crippen molar-refractivity contribution >= 4 is 32.8 Å². The van der Waals surface area contributed by atoms with E-state index < -0.39 is 10.0 Å². The van der Waals surface area contributed by atoms with Crippen LogP contribution in [0.4, 0.5) is 0 Å². The van der Waals surface area contributed by atoms with Crippen LogP contribution in [0, 0.1) is 0 Å². The highest BCUT2D eigenvalue weighted by Gasteiger charge is 2.34. The maximum atomic E-state index is 12.9. The summed E-state index contributed by atoms with van der Waals surface area (Å²) < 4.78 is 29.5. The van der Waals surface area contributed by atoms with E-state index in [0.717, 1.165) is 41.9 Å². The van der Waals surface area contributed by atoms with Crippen LogP contribution in [0.15, 0.2) is 42.6 Å². The molecule has 0 saturated carbocycles. The monoisotopic (exact) mass is 418 g/mol. The Bertz CT molecular complexity index is 1080. The van der Waals surface area contributed by atoms with Crippen molar-refractivity contribution in [3.8, 4) is 0 Å². The third-order valence-corrected chi connectivity index (χ3v) is 7.22. The molecule has 148 valence electrons. The quantitative estimate of drug-likeness (QED) is 0.610. The van der Waals surface area contributed by atoms with Crippen LogP contribution in [0.3, 0.4) is 0 Å². The van der Waals surface area contributed by atoms with Gasteiger partial charge in [0.15, 0.2) is 5.65 Å². The lowest BCUT2D eigenvalue weighted by atomic mass is 10.1. The molecular formula is C20H23ClN4O2S. The minimum absolute atomic E-state index is 0.0101. The van der Waals surface area contributed by atoms with E-state index in [-0.39, 0.29) is 11.7 Å². The Morgan fingerprint density at radius 2 is 2.00 bits per heavy atom. The van der Waals surface area contributed by atoms with Crippen LogP contribution in [-0.4, -0.2) is 40.3 Å². The largest absolute Gasteiger partial charge is 0.312 e. The van der Waals surface area contributed by atoms with Crippen LogP contribution in [0.25, 0.3) is 11.2 Å². The number of aromatic nitrogens is 3. The lowest BCUT2D eigenvalue weighted by molar-refractivity contribution is 0.468. The molecule has 0 N–H and O–H groups in total. The third-order valence-electron chi connectivity index (χ3n) is 5.15. The average Bonchev–Trinajstić information content (AvgIpc) is 3.30. The van der Waals surface area contributed by atoms with E-state index in [2.05, 4.69) is 16.5 Å². The molecule has 6 nitrogen and oxygen atoms in total. The molecule has 3 heterocycles. The molecular weight excluding hydrogens is 396 g/mol. The third kappa shape index (κ3) is 3.79. The van der Waals surface area contributed by atoms with Gasteiger partial charge in [-0.3, -0.25) is 0 Å². The molecule has 1 aliphatic rings. The minimum Gasteiger partial charge on any atom is -0.312 e. The zero-order valence-corrected chi connectivity index (χ0v) is 17.3. The highest BCUT2D eigenvalue weighted by Crippen LogP contribution is 2.31. The van der Waals surface area contributed by atoms with Crippen molar-refractivity contribution in [3.63, 3.8) is 0 Å². The first-order valence-electron chi connectivity index (χ1n) is 9.51. The van der Waals surface area contributed by atoms with Crippen LogP contribution >= 0.6 is 11.6 Å². The summed E-state index contributed by atoms with van der Waals surface area (Å²) >= 11 is 5.90. The van der Waals surface area contributed by atoms with Gasteiger partial charge in [0.2, 0.25) is 10.0 Å². The predicted molar refractivity (Wildman–Crippen MR) is 111 cm³/mol. The average molecular weight is 419 g/mol. The number of pyridine rings is 1. The fourth-order valence-electron chi connectivity index (χ4n) is 3.81. The van der Waals surface area contributed by atoms with Gasteiger partial charge in [-0.1, -0.05) is 30.7 Å². The fraction of sp³-hybridized carbons (Fsp3) is 0.400. The van der Waals surface area contributed by atoms with Gasteiger partial charge in [-0.25, -0.2) is 22.7 Å². The Morgan fingerprint density at radius 3 is 2.75 bits per heavy atom. The van der Waals surface area contributed by atoms with Crippen LogP contribution in [0.5, 0.6) is 0 Å². The van der Waals surface area contributed by atoms with Gasteiger partial charge in [0.1, 0.15) is 11.3 Å². The Hall–Kier alpha value is -1.96. The lowest BCUT2D eigenvalue weighted by Gasteiger charge is -2.17. The molecule has 8 heteroatoms. The van der Waals surface area contributed by atoms with Gasteiger partial charge in [0, 0.05) is 36.8 Å². The summed E-state index contributed by atoms with van der Waals surface area (Å²) in [6, 6.07) is 10.8. The summed E-state index contributed by atoms with van der Waals surface area (Å²) in [5.74, 6) is 1.02. The van der Waals surface area contributed by atoms with Crippen molar-refractivity contribution in [2.24, 2.45) is 0 Å². The topological polar surface area (TPSA) is 68.1 Å². The van der Waals surface area contributed by atoms with Gasteiger partial charge < -0.3 is 4.57 Å². The SMILES string of the molecule is CCCn1c([C@H]2CCN(S(=O)(=O)Cc3ccc(Cl)cc3)C2)nc2cccnc21. The van der Waals surface area contributed by atoms with Crippen LogP contribution in [-0.2, 0) is 22.3 Å². The molecule has 3 aromatic rings. The zero-order chi connectivity index (χ0) is 19.7. The first-order chi connectivity index (χ1) is 13.5. The summed E-state index contributed by atoms with van der Waals surface area (Å²) in [6.07, 6.45) is 3.52. The second-order valence-electron chi connectivity index (χ2n) is 7.19. The summed E-state index contributed by atoms with van der Waals surface area (Å²) in [5.41, 5.74) is 2.49. The van der Waals surface area contributed by atoms with Crippen molar-refractivity contribution in [2.45, 2.75) is 38.0 Å². The van der Waals surface area contributed by atoms with Crippen molar-refractivity contribution in [1.29, 1.82) is 0 Å². The van der Waals surface area contributed by atoms with Crippen molar-refractivity contribution < 1.29 is 8.42 Å². The van der Waals surface area contributed by atoms with Crippen molar-refractivity contribution in [3.05, 3.63) is 59.0 Å². The Balaban J connectivity index is 1.56. The van der Waals surface area contributed by atoms with E-state index in [0.29, 0.717) is 18.1 Å². The van der Waals surface area contributed by atoms with Crippen molar-refractivity contribution in [2.75, 3.05) is 13.1 Å². The number of sulfonamides is 1. The maximum Gasteiger partial charge on any atom is 0.218 e. The molecule has 28 heavy (non-hydrogen) atoms. The molecule has 0 bridgehead atoms. The first-order valence-corrected chi connectivity index (χ1v) is 11.5. The van der Waals surface area contributed by atoms with Crippen LogP contribution in [0.2, 0.25) is 5.02 Å². The fourth-order valence-corrected chi connectivity index (χ4v) is 5.52. The minimum atomic E-state index is -3.38. The van der Waals surface area contributed by atoms with Gasteiger partial charge >= 0.3 is 0 Å². The molecule has 1 atom stereocenters. The normalized spacial score (nSPS) is 18.1. The maximum absolute atomic E-state index is 12.9. The van der Waals surface area contributed by atoms with E-state index in [9.17, 15) is 8.42 Å². The molecule has 0 radical (unpaired) electrons. The zero-order valence-electron chi connectivity index (χ0n) is 15.8. The number of aryl methyl sites for hydroxylation is 1.